The molecule has 0 saturated carbocycles. The molecule has 1 fully saturated rings. The van der Waals surface area contributed by atoms with Gasteiger partial charge in [0.2, 0.25) is 0 Å². The van der Waals surface area contributed by atoms with E-state index in [1.165, 1.54) is 5.56 Å². The SMILES string of the molecule is COc1cc(-c2cnc3cc(-c4cccc(-c5ccc6c(c5)OCCO6)c4C)ccn23)cc(OC)c1CN1CCC[C@H]1C(=O)O. The second-order valence-electron chi connectivity index (χ2n) is 11.4. The first-order chi connectivity index (χ1) is 21.9. The van der Waals surface area contributed by atoms with Crippen LogP contribution >= 0.6 is 0 Å². The van der Waals surface area contributed by atoms with Gasteiger partial charge in [0.25, 0.3) is 0 Å². The van der Waals surface area contributed by atoms with Gasteiger partial charge < -0.3 is 24.1 Å². The molecule has 3 aromatic carbocycles. The summed E-state index contributed by atoms with van der Waals surface area (Å²) in [5, 5.41) is 9.67. The predicted molar refractivity (Wildman–Crippen MR) is 171 cm³/mol. The van der Waals surface area contributed by atoms with Crippen LogP contribution in [0.1, 0.15) is 24.0 Å². The summed E-state index contributed by atoms with van der Waals surface area (Å²) in [5.41, 5.74) is 9.01. The van der Waals surface area contributed by atoms with Gasteiger partial charge in [-0.3, -0.25) is 14.1 Å². The van der Waals surface area contributed by atoms with Gasteiger partial charge in [0.15, 0.2) is 11.5 Å². The number of imidazole rings is 1. The molecule has 230 valence electrons. The van der Waals surface area contributed by atoms with Gasteiger partial charge in [-0.2, -0.15) is 0 Å². The summed E-state index contributed by atoms with van der Waals surface area (Å²) in [6.07, 6.45) is 5.39. The Hall–Kier alpha value is -5.02. The number of likely N-dealkylation sites (tertiary alicyclic amines) is 1. The summed E-state index contributed by atoms with van der Waals surface area (Å²) in [7, 11) is 3.26. The molecule has 2 aliphatic heterocycles. The van der Waals surface area contributed by atoms with Crippen molar-refractivity contribution in [3.05, 3.63) is 84.2 Å². The molecule has 2 aliphatic rings. The van der Waals surface area contributed by atoms with Crippen molar-refractivity contribution >= 4 is 11.6 Å². The summed E-state index contributed by atoms with van der Waals surface area (Å²) in [6.45, 7) is 4.42. The third-order valence-electron chi connectivity index (χ3n) is 8.92. The van der Waals surface area contributed by atoms with Crippen LogP contribution in [0.25, 0.3) is 39.2 Å². The van der Waals surface area contributed by atoms with Crippen molar-refractivity contribution in [2.45, 2.75) is 32.4 Å². The number of carboxylic acid groups (broad SMARTS) is 1. The standard InChI is InChI=1S/C36H35N3O6/c1-22-26(23-9-10-31-34(16-23)45-15-14-44-31)6-4-7-27(22)24-11-13-39-30(20-37-35(39)19-24)25-17-32(42-2)28(33(18-25)43-3)21-38-12-5-8-29(38)36(40)41/h4,6-7,9-11,13,16-20,29H,5,8,12,14-15,21H2,1-3H3,(H,40,41)/t29-/m0/s1. The Bertz CT molecular complexity index is 1890. The van der Waals surface area contributed by atoms with Crippen molar-refractivity contribution in [1.82, 2.24) is 14.3 Å². The molecule has 1 N–H and O–H groups in total. The fraction of sp³-hybridized carbons (Fsp3) is 0.278. The van der Waals surface area contributed by atoms with Gasteiger partial charge in [-0.25, -0.2) is 4.98 Å². The Morgan fingerprint density at radius 3 is 2.36 bits per heavy atom. The van der Waals surface area contributed by atoms with Gasteiger partial charge in [0.1, 0.15) is 36.4 Å². The smallest absolute Gasteiger partial charge is 0.320 e. The molecule has 0 amide bonds. The number of benzene rings is 3. The van der Waals surface area contributed by atoms with E-state index in [0.717, 1.165) is 69.2 Å². The summed E-state index contributed by atoms with van der Waals surface area (Å²) >= 11 is 0. The molecule has 4 heterocycles. The minimum Gasteiger partial charge on any atom is -0.496 e. The first-order valence-electron chi connectivity index (χ1n) is 15.1. The lowest BCUT2D eigenvalue weighted by Crippen LogP contribution is -2.35. The third-order valence-corrected chi connectivity index (χ3v) is 8.92. The zero-order valence-corrected chi connectivity index (χ0v) is 25.6. The van der Waals surface area contributed by atoms with Gasteiger partial charge >= 0.3 is 5.97 Å². The number of carbonyl (C=O) groups is 1. The van der Waals surface area contributed by atoms with Crippen LogP contribution in [-0.4, -0.2) is 65.4 Å². The molecule has 0 radical (unpaired) electrons. The Morgan fingerprint density at radius 1 is 0.933 bits per heavy atom. The van der Waals surface area contributed by atoms with E-state index in [4.69, 9.17) is 23.9 Å². The fourth-order valence-electron chi connectivity index (χ4n) is 6.62. The Morgan fingerprint density at radius 2 is 1.64 bits per heavy atom. The van der Waals surface area contributed by atoms with Gasteiger partial charge in [0.05, 0.1) is 31.7 Å². The molecular formula is C36H35N3O6. The quantitative estimate of drug-likeness (QED) is 0.215. The van der Waals surface area contributed by atoms with Crippen molar-refractivity contribution in [2.75, 3.05) is 34.0 Å². The zero-order chi connectivity index (χ0) is 31.1. The lowest BCUT2D eigenvalue weighted by Gasteiger charge is -2.24. The van der Waals surface area contributed by atoms with Crippen LogP contribution in [0.5, 0.6) is 23.0 Å². The highest BCUT2D eigenvalue weighted by molar-refractivity contribution is 5.81. The number of hydrogen-bond acceptors (Lipinski definition) is 7. The molecule has 9 nitrogen and oxygen atoms in total. The summed E-state index contributed by atoms with van der Waals surface area (Å²) in [4.78, 5) is 18.5. The number of aromatic nitrogens is 2. The maximum absolute atomic E-state index is 11.8. The highest BCUT2D eigenvalue weighted by Gasteiger charge is 2.32. The number of methoxy groups -OCH3 is 2. The number of nitrogens with zero attached hydrogens (tertiary/aromatic N) is 3. The molecule has 0 unspecified atom stereocenters. The first kappa shape index (κ1) is 28.7. The lowest BCUT2D eigenvalue weighted by atomic mass is 9.93. The maximum atomic E-state index is 11.8. The minimum atomic E-state index is -0.794. The number of rotatable bonds is 8. The predicted octanol–water partition coefficient (Wildman–Crippen LogP) is 6.48. The van der Waals surface area contributed by atoms with Crippen LogP contribution in [0, 0.1) is 6.92 Å². The largest absolute Gasteiger partial charge is 0.496 e. The molecule has 45 heavy (non-hydrogen) atoms. The highest BCUT2D eigenvalue weighted by atomic mass is 16.6. The molecule has 5 aromatic rings. The minimum absolute atomic E-state index is 0.435. The van der Waals surface area contributed by atoms with E-state index in [1.807, 2.05) is 41.6 Å². The highest BCUT2D eigenvalue weighted by Crippen LogP contribution is 2.40. The van der Waals surface area contributed by atoms with E-state index in [-0.39, 0.29) is 0 Å². The van der Waals surface area contributed by atoms with Crippen LogP contribution in [-0.2, 0) is 11.3 Å². The summed E-state index contributed by atoms with van der Waals surface area (Å²) in [6, 6.07) is 20.1. The molecule has 2 aromatic heterocycles. The Balaban J connectivity index is 1.22. The monoisotopic (exact) mass is 605 g/mol. The lowest BCUT2D eigenvalue weighted by molar-refractivity contribution is -0.142. The van der Waals surface area contributed by atoms with Crippen molar-refractivity contribution in [3.8, 4) is 56.5 Å². The molecule has 7 rings (SSSR count). The molecule has 0 spiro atoms. The Labute approximate surface area is 261 Å². The van der Waals surface area contributed by atoms with Gasteiger partial charge in [0, 0.05) is 18.3 Å². The molecular weight excluding hydrogens is 570 g/mol. The number of pyridine rings is 1. The van der Waals surface area contributed by atoms with Gasteiger partial charge in [-0.05, 0) is 90.5 Å². The van der Waals surface area contributed by atoms with E-state index in [2.05, 4.69) is 47.7 Å². The van der Waals surface area contributed by atoms with Crippen molar-refractivity contribution < 1.29 is 28.8 Å². The zero-order valence-electron chi connectivity index (χ0n) is 25.6. The van der Waals surface area contributed by atoms with E-state index < -0.39 is 12.0 Å². The number of aliphatic carboxylic acids is 1. The molecule has 9 heteroatoms. The van der Waals surface area contributed by atoms with E-state index in [1.54, 1.807) is 14.2 Å². The maximum Gasteiger partial charge on any atom is 0.320 e. The number of carboxylic acids is 1. The average molecular weight is 606 g/mol. The molecule has 0 bridgehead atoms. The summed E-state index contributed by atoms with van der Waals surface area (Å²) < 4.78 is 25.2. The second kappa shape index (κ2) is 11.8. The third kappa shape index (κ3) is 5.23. The van der Waals surface area contributed by atoms with E-state index >= 15 is 0 Å². The van der Waals surface area contributed by atoms with Crippen LogP contribution in [0.15, 0.2) is 73.1 Å². The van der Waals surface area contributed by atoms with Crippen LogP contribution in [0.4, 0.5) is 0 Å². The van der Waals surface area contributed by atoms with Crippen LogP contribution in [0.3, 0.4) is 0 Å². The molecule has 1 atom stereocenters. The number of fused-ring (bicyclic) bond motifs is 2. The fourth-order valence-corrected chi connectivity index (χ4v) is 6.62. The average Bonchev–Trinajstić information content (AvgIpc) is 3.72. The molecule has 0 aliphatic carbocycles. The van der Waals surface area contributed by atoms with Crippen LogP contribution < -0.4 is 18.9 Å². The van der Waals surface area contributed by atoms with Gasteiger partial charge in [-0.15, -0.1) is 0 Å². The van der Waals surface area contributed by atoms with Crippen LogP contribution in [0.2, 0.25) is 0 Å². The Kier molecular flexibility index (Phi) is 7.55. The normalized spacial score (nSPS) is 16.2. The van der Waals surface area contributed by atoms with Crippen molar-refractivity contribution in [1.29, 1.82) is 0 Å². The number of ether oxygens (including phenoxy) is 4. The van der Waals surface area contributed by atoms with E-state index in [0.29, 0.717) is 37.7 Å². The number of hydrogen-bond donors (Lipinski definition) is 1. The van der Waals surface area contributed by atoms with E-state index in [9.17, 15) is 9.90 Å². The first-order valence-corrected chi connectivity index (χ1v) is 15.1. The molecule has 1 saturated heterocycles. The van der Waals surface area contributed by atoms with Gasteiger partial charge in [-0.1, -0.05) is 24.3 Å². The van der Waals surface area contributed by atoms with Crippen molar-refractivity contribution in [2.24, 2.45) is 0 Å². The van der Waals surface area contributed by atoms with Crippen molar-refractivity contribution in [3.63, 3.8) is 0 Å². The summed E-state index contributed by atoms with van der Waals surface area (Å²) in [5.74, 6) is 2.06. The second-order valence-corrected chi connectivity index (χ2v) is 11.4. The topological polar surface area (TPSA) is 94.8 Å².